The van der Waals surface area contributed by atoms with Crippen LogP contribution in [0.5, 0.6) is 0 Å². The Morgan fingerprint density at radius 3 is 1.89 bits per heavy atom. The summed E-state index contributed by atoms with van der Waals surface area (Å²) < 4.78 is 3.51. The Morgan fingerprint density at radius 2 is 1.21 bits per heavy atom. The number of nitrogens with zero attached hydrogens (tertiary/aromatic N) is 1. The highest BCUT2D eigenvalue weighted by Crippen LogP contribution is 2.40. The van der Waals surface area contributed by atoms with Crippen molar-refractivity contribution in [2.45, 2.75) is 0 Å². The Kier molecular flexibility index (Phi) is 3.38. The summed E-state index contributed by atoms with van der Waals surface area (Å²) in [5, 5.41) is 5.28. The van der Waals surface area contributed by atoms with Crippen LogP contribution in [-0.2, 0) is 0 Å². The van der Waals surface area contributed by atoms with Gasteiger partial charge >= 0.3 is 0 Å². The summed E-state index contributed by atoms with van der Waals surface area (Å²) in [6.07, 6.45) is 0. The summed E-state index contributed by atoms with van der Waals surface area (Å²) in [4.78, 5) is 0. The van der Waals surface area contributed by atoms with E-state index in [-0.39, 0.29) is 0 Å². The van der Waals surface area contributed by atoms with Gasteiger partial charge in [0.2, 0.25) is 0 Å². The van der Waals surface area contributed by atoms with Gasteiger partial charge in [-0.1, -0.05) is 82.7 Å². The molecule has 0 atom stereocenters. The Labute approximate surface area is 171 Å². The normalized spacial score (nSPS) is 11.8. The number of hydrogen-bond acceptors (Lipinski definition) is 0. The maximum Gasteiger partial charge on any atom is 0.0547 e. The van der Waals surface area contributed by atoms with Crippen molar-refractivity contribution < 1.29 is 0 Å². The van der Waals surface area contributed by atoms with E-state index in [1.165, 1.54) is 49.4 Å². The van der Waals surface area contributed by atoms with Crippen molar-refractivity contribution in [1.29, 1.82) is 0 Å². The van der Waals surface area contributed by atoms with E-state index in [2.05, 4.69) is 118 Å². The minimum atomic E-state index is 1.09. The van der Waals surface area contributed by atoms with Gasteiger partial charge in [-0.3, -0.25) is 0 Å². The molecule has 0 aliphatic heterocycles. The molecule has 0 spiro atoms. The lowest BCUT2D eigenvalue weighted by Gasteiger charge is -2.14. The van der Waals surface area contributed by atoms with E-state index in [9.17, 15) is 0 Å². The van der Waals surface area contributed by atoms with Gasteiger partial charge < -0.3 is 4.57 Å². The largest absolute Gasteiger partial charge is 0.309 e. The number of hydrogen-bond donors (Lipinski definition) is 0. The van der Waals surface area contributed by atoms with Crippen LogP contribution < -0.4 is 0 Å². The van der Waals surface area contributed by atoms with Gasteiger partial charge in [-0.25, -0.2) is 0 Å². The third-order valence-corrected chi connectivity index (χ3v) is 6.10. The van der Waals surface area contributed by atoms with Crippen molar-refractivity contribution in [3.8, 4) is 16.8 Å². The lowest BCUT2D eigenvalue weighted by atomic mass is 10.0. The number of halogens is 1. The van der Waals surface area contributed by atoms with Gasteiger partial charge in [0.05, 0.1) is 16.7 Å². The van der Waals surface area contributed by atoms with Crippen LogP contribution in [0.4, 0.5) is 0 Å². The molecule has 0 unspecified atom stereocenters. The molecule has 0 aliphatic carbocycles. The van der Waals surface area contributed by atoms with E-state index in [0.29, 0.717) is 0 Å². The standard InChI is InChI=1S/C26H16BrN/c27-20-9-3-8-19(16-20)21-10-1-2-11-22(21)28-23-12-4-6-17-14-15-18-7-5-13-24(28)26(18)25(17)23/h1-16H. The van der Waals surface area contributed by atoms with Crippen molar-refractivity contribution in [3.63, 3.8) is 0 Å². The van der Waals surface area contributed by atoms with Crippen molar-refractivity contribution in [3.05, 3.63) is 102 Å². The number of rotatable bonds is 2. The fraction of sp³-hybridized carbons (Fsp3) is 0. The van der Waals surface area contributed by atoms with Gasteiger partial charge in [0.25, 0.3) is 0 Å². The molecule has 0 N–H and O–H groups in total. The van der Waals surface area contributed by atoms with Gasteiger partial charge in [-0.15, -0.1) is 0 Å². The van der Waals surface area contributed by atoms with Crippen molar-refractivity contribution >= 4 is 48.5 Å². The molecule has 0 bridgehead atoms. The van der Waals surface area contributed by atoms with E-state index in [1.807, 2.05) is 0 Å². The fourth-order valence-electron chi connectivity index (χ4n) is 4.45. The van der Waals surface area contributed by atoms with Gasteiger partial charge in [-0.2, -0.15) is 0 Å². The molecular weight excluding hydrogens is 406 g/mol. The Hall–Kier alpha value is -3.10. The van der Waals surface area contributed by atoms with Crippen molar-refractivity contribution in [2.75, 3.05) is 0 Å². The number of aromatic nitrogens is 1. The number of para-hydroxylation sites is 1. The zero-order chi connectivity index (χ0) is 18.7. The lowest BCUT2D eigenvalue weighted by Crippen LogP contribution is -1.96. The summed E-state index contributed by atoms with van der Waals surface area (Å²) in [6.45, 7) is 0. The summed E-state index contributed by atoms with van der Waals surface area (Å²) in [7, 11) is 0. The van der Waals surface area contributed by atoms with Gasteiger partial charge in [0.15, 0.2) is 0 Å². The molecule has 1 heterocycles. The highest BCUT2D eigenvalue weighted by atomic mass is 79.9. The van der Waals surface area contributed by atoms with E-state index in [0.717, 1.165) is 4.47 Å². The summed E-state index contributed by atoms with van der Waals surface area (Å²) >= 11 is 3.62. The van der Waals surface area contributed by atoms with Crippen LogP contribution in [0.25, 0.3) is 49.4 Å². The molecule has 5 aromatic carbocycles. The average Bonchev–Trinajstić information content (AvgIpc) is 3.08. The number of benzene rings is 5. The Bertz CT molecular complexity index is 1410. The zero-order valence-corrected chi connectivity index (χ0v) is 16.6. The quantitative estimate of drug-likeness (QED) is 0.251. The van der Waals surface area contributed by atoms with E-state index >= 15 is 0 Å². The van der Waals surface area contributed by atoms with Crippen LogP contribution in [0.1, 0.15) is 0 Å². The van der Waals surface area contributed by atoms with Crippen molar-refractivity contribution in [1.82, 2.24) is 4.57 Å². The first-order valence-corrected chi connectivity index (χ1v) is 10.2. The van der Waals surface area contributed by atoms with Crippen LogP contribution in [0, 0.1) is 0 Å². The van der Waals surface area contributed by atoms with Gasteiger partial charge in [-0.05, 0) is 46.7 Å². The highest BCUT2D eigenvalue weighted by molar-refractivity contribution is 9.10. The predicted octanol–water partition coefficient (Wildman–Crippen LogP) is 7.80. The molecule has 2 heteroatoms. The van der Waals surface area contributed by atoms with Crippen molar-refractivity contribution in [2.24, 2.45) is 0 Å². The monoisotopic (exact) mass is 421 g/mol. The Balaban J connectivity index is 1.79. The van der Waals surface area contributed by atoms with Crippen LogP contribution >= 0.6 is 15.9 Å². The Morgan fingerprint density at radius 1 is 0.571 bits per heavy atom. The second-order valence-corrected chi connectivity index (χ2v) is 8.09. The fourth-order valence-corrected chi connectivity index (χ4v) is 4.85. The molecule has 28 heavy (non-hydrogen) atoms. The second kappa shape index (κ2) is 5.95. The molecule has 0 saturated carbocycles. The third kappa shape index (κ3) is 2.18. The first-order valence-electron chi connectivity index (χ1n) is 9.41. The smallest absolute Gasteiger partial charge is 0.0547 e. The van der Waals surface area contributed by atoms with E-state index in [4.69, 9.17) is 0 Å². The molecule has 132 valence electrons. The summed E-state index contributed by atoms with van der Waals surface area (Å²) in [5.74, 6) is 0. The molecule has 0 aliphatic rings. The van der Waals surface area contributed by atoms with E-state index in [1.54, 1.807) is 0 Å². The highest BCUT2D eigenvalue weighted by Gasteiger charge is 2.18. The second-order valence-electron chi connectivity index (χ2n) is 7.18. The van der Waals surface area contributed by atoms with Crippen LogP contribution in [0.15, 0.2) is 102 Å². The van der Waals surface area contributed by atoms with E-state index < -0.39 is 0 Å². The maximum atomic E-state index is 3.62. The zero-order valence-electron chi connectivity index (χ0n) is 15.1. The molecule has 0 saturated heterocycles. The predicted molar refractivity (Wildman–Crippen MR) is 123 cm³/mol. The first kappa shape index (κ1) is 15.9. The molecule has 0 radical (unpaired) electrons. The lowest BCUT2D eigenvalue weighted by molar-refractivity contribution is 1.18. The minimum Gasteiger partial charge on any atom is -0.309 e. The van der Waals surface area contributed by atoms with Crippen LogP contribution in [-0.4, -0.2) is 4.57 Å². The molecule has 6 aromatic rings. The topological polar surface area (TPSA) is 4.93 Å². The first-order chi connectivity index (χ1) is 13.8. The molecule has 0 amide bonds. The molecule has 0 fully saturated rings. The van der Waals surface area contributed by atoms with Crippen LogP contribution in [0.2, 0.25) is 0 Å². The maximum absolute atomic E-state index is 3.62. The van der Waals surface area contributed by atoms with Gasteiger partial charge in [0, 0.05) is 20.8 Å². The molecule has 1 aromatic heterocycles. The molecular formula is C26H16BrN. The van der Waals surface area contributed by atoms with Gasteiger partial charge in [0.1, 0.15) is 0 Å². The molecule has 1 nitrogen and oxygen atoms in total. The summed E-state index contributed by atoms with van der Waals surface area (Å²) in [6, 6.07) is 34.9. The SMILES string of the molecule is Brc1cccc(-c2ccccc2-n2c3cccc4ccc5cccc2c5c43)c1. The minimum absolute atomic E-state index is 1.09. The average molecular weight is 422 g/mol. The van der Waals surface area contributed by atoms with Crippen LogP contribution in [0.3, 0.4) is 0 Å². The molecule has 6 rings (SSSR count). The third-order valence-electron chi connectivity index (χ3n) is 5.60. The summed E-state index contributed by atoms with van der Waals surface area (Å²) in [5.41, 5.74) is 6.15.